The highest BCUT2D eigenvalue weighted by Crippen LogP contribution is 2.05. The van der Waals surface area contributed by atoms with Gasteiger partial charge in [0.2, 0.25) is 5.91 Å². The summed E-state index contributed by atoms with van der Waals surface area (Å²) >= 11 is 0. The Morgan fingerprint density at radius 1 is 1.35 bits per heavy atom. The molecule has 0 saturated carbocycles. The van der Waals surface area contributed by atoms with E-state index in [-0.39, 0.29) is 11.8 Å². The SMILES string of the molecule is CCCCC(N)C(=O)N[C@H](C(=O)OC)C(C)C. The van der Waals surface area contributed by atoms with E-state index in [2.05, 4.69) is 10.1 Å². The maximum atomic E-state index is 11.7. The lowest BCUT2D eigenvalue weighted by molar-refractivity contribution is -0.146. The molecule has 0 spiro atoms. The second-order valence-electron chi connectivity index (χ2n) is 4.50. The summed E-state index contributed by atoms with van der Waals surface area (Å²) in [5, 5.41) is 2.64. The van der Waals surface area contributed by atoms with Crippen molar-refractivity contribution in [1.82, 2.24) is 5.32 Å². The summed E-state index contributed by atoms with van der Waals surface area (Å²) in [5.41, 5.74) is 5.73. The Morgan fingerprint density at radius 2 is 1.94 bits per heavy atom. The van der Waals surface area contributed by atoms with Crippen molar-refractivity contribution < 1.29 is 14.3 Å². The molecule has 3 N–H and O–H groups in total. The Labute approximate surface area is 103 Å². The summed E-state index contributed by atoms with van der Waals surface area (Å²) in [6, 6.07) is -1.18. The summed E-state index contributed by atoms with van der Waals surface area (Å²) < 4.78 is 4.64. The molecule has 5 nitrogen and oxygen atoms in total. The molecule has 1 unspecified atom stereocenters. The summed E-state index contributed by atoms with van der Waals surface area (Å²) in [6.07, 6.45) is 2.53. The molecule has 0 radical (unpaired) electrons. The number of carbonyl (C=O) groups is 2. The normalized spacial score (nSPS) is 14.2. The van der Waals surface area contributed by atoms with E-state index in [4.69, 9.17) is 5.73 Å². The molecule has 0 aliphatic heterocycles. The van der Waals surface area contributed by atoms with E-state index in [0.29, 0.717) is 6.42 Å². The van der Waals surface area contributed by atoms with Crippen LogP contribution in [0.4, 0.5) is 0 Å². The highest BCUT2D eigenvalue weighted by Gasteiger charge is 2.26. The molecule has 0 bridgehead atoms. The first-order valence-electron chi connectivity index (χ1n) is 6.07. The van der Waals surface area contributed by atoms with E-state index >= 15 is 0 Å². The fraction of sp³-hybridized carbons (Fsp3) is 0.833. The average Bonchev–Trinajstić information content (AvgIpc) is 2.31. The molecular formula is C12H24N2O3. The molecule has 1 amide bonds. The second kappa shape index (κ2) is 8.06. The zero-order valence-corrected chi connectivity index (χ0v) is 11.2. The van der Waals surface area contributed by atoms with Gasteiger partial charge in [-0.1, -0.05) is 33.6 Å². The summed E-state index contributed by atoms with van der Waals surface area (Å²) in [4.78, 5) is 23.2. The number of unbranched alkanes of at least 4 members (excludes halogenated alkanes) is 1. The lowest BCUT2D eigenvalue weighted by atomic mass is 10.0. The molecule has 5 heteroatoms. The Morgan fingerprint density at radius 3 is 2.35 bits per heavy atom. The molecule has 0 aromatic heterocycles. The maximum absolute atomic E-state index is 11.7. The van der Waals surface area contributed by atoms with Crippen molar-refractivity contribution in [3.63, 3.8) is 0 Å². The van der Waals surface area contributed by atoms with E-state index in [9.17, 15) is 9.59 Å². The minimum absolute atomic E-state index is 0.0234. The van der Waals surface area contributed by atoms with Crippen molar-refractivity contribution in [3.05, 3.63) is 0 Å². The number of hydrogen-bond acceptors (Lipinski definition) is 4. The van der Waals surface area contributed by atoms with Crippen LogP contribution in [0.15, 0.2) is 0 Å². The predicted molar refractivity (Wildman–Crippen MR) is 66.3 cm³/mol. The third-order valence-electron chi connectivity index (χ3n) is 2.62. The smallest absolute Gasteiger partial charge is 0.328 e. The third-order valence-corrected chi connectivity index (χ3v) is 2.62. The van der Waals surface area contributed by atoms with Gasteiger partial charge < -0.3 is 15.8 Å². The predicted octanol–water partition coefficient (Wildman–Crippen LogP) is 0.818. The Kier molecular flexibility index (Phi) is 7.54. The first-order chi connectivity index (χ1) is 7.93. The minimum atomic E-state index is -0.625. The van der Waals surface area contributed by atoms with Crippen LogP contribution in [-0.2, 0) is 14.3 Å². The first-order valence-corrected chi connectivity index (χ1v) is 6.07. The van der Waals surface area contributed by atoms with Crippen molar-refractivity contribution in [1.29, 1.82) is 0 Å². The van der Waals surface area contributed by atoms with Gasteiger partial charge in [0, 0.05) is 0 Å². The van der Waals surface area contributed by atoms with Gasteiger partial charge in [0.05, 0.1) is 13.2 Å². The number of carbonyl (C=O) groups excluding carboxylic acids is 2. The van der Waals surface area contributed by atoms with Gasteiger partial charge in [-0.2, -0.15) is 0 Å². The fourth-order valence-electron chi connectivity index (χ4n) is 1.44. The van der Waals surface area contributed by atoms with Gasteiger partial charge in [-0.3, -0.25) is 4.79 Å². The van der Waals surface area contributed by atoms with Crippen molar-refractivity contribution in [2.45, 2.75) is 52.1 Å². The quantitative estimate of drug-likeness (QED) is 0.650. The molecule has 0 aromatic rings. The van der Waals surface area contributed by atoms with Crippen LogP contribution in [0, 0.1) is 5.92 Å². The molecule has 0 aromatic carbocycles. The zero-order chi connectivity index (χ0) is 13.4. The molecule has 100 valence electrons. The molecule has 17 heavy (non-hydrogen) atoms. The number of amides is 1. The molecule has 0 saturated heterocycles. The van der Waals surface area contributed by atoms with Crippen LogP contribution in [0.5, 0.6) is 0 Å². The number of nitrogens with two attached hydrogens (primary N) is 1. The highest BCUT2D eigenvalue weighted by atomic mass is 16.5. The lowest BCUT2D eigenvalue weighted by Gasteiger charge is -2.21. The topological polar surface area (TPSA) is 81.4 Å². The molecular weight excluding hydrogens is 220 g/mol. The van der Waals surface area contributed by atoms with Gasteiger partial charge >= 0.3 is 5.97 Å². The van der Waals surface area contributed by atoms with E-state index in [0.717, 1.165) is 12.8 Å². The van der Waals surface area contributed by atoms with Gasteiger partial charge in [-0.05, 0) is 12.3 Å². The number of hydrogen-bond donors (Lipinski definition) is 2. The Hall–Kier alpha value is -1.10. The van der Waals surface area contributed by atoms with Crippen LogP contribution in [-0.4, -0.2) is 31.1 Å². The van der Waals surface area contributed by atoms with Gasteiger partial charge in [0.1, 0.15) is 6.04 Å². The highest BCUT2D eigenvalue weighted by molar-refractivity contribution is 5.87. The van der Waals surface area contributed by atoms with Gasteiger partial charge in [0.25, 0.3) is 0 Å². The van der Waals surface area contributed by atoms with Crippen LogP contribution in [0.2, 0.25) is 0 Å². The molecule has 2 atom stereocenters. The van der Waals surface area contributed by atoms with Crippen LogP contribution in [0.25, 0.3) is 0 Å². The zero-order valence-electron chi connectivity index (χ0n) is 11.2. The van der Waals surface area contributed by atoms with Crippen molar-refractivity contribution in [3.8, 4) is 0 Å². The minimum Gasteiger partial charge on any atom is -0.467 e. The van der Waals surface area contributed by atoms with Gasteiger partial charge in [0.15, 0.2) is 0 Å². The second-order valence-corrected chi connectivity index (χ2v) is 4.50. The van der Waals surface area contributed by atoms with Gasteiger partial charge in [-0.25, -0.2) is 4.79 Å². The number of esters is 1. The molecule has 0 fully saturated rings. The van der Waals surface area contributed by atoms with E-state index in [1.54, 1.807) is 0 Å². The molecule has 0 aliphatic carbocycles. The van der Waals surface area contributed by atoms with Crippen molar-refractivity contribution in [2.75, 3.05) is 7.11 Å². The Balaban J connectivity index is 4.35. The van der Waals surface area contributed by atoms with Crippen molar-refractivity contribution >= 4 is 11.9 Å². The van der Waals surface area contributed by atoms with Crippen LogP contribution in [0.1, 0.15) is 40.0 Å². The average molecular weight is 244 g/mol. The van der Waals surface area contributed by atoms with Gasteiger partial charge in [-0.15, -0.1) is 0 Å². The van der Waals surface area contributed by atoms with E-state index < -0.39 is 18.1 Å². The molecule has 0 aliphatic rings. The van der Waals surface area contributed by atoms with Crippen LogP contribution >= 0.6 is 0 Å². The lowest BCUT2D eigenvalue weighted by Crippen LogP contribution is -2.50. The van der Waals surface area contributed by atoms with Crippen molar-refractivity contribution in [2.24, 2.45) is 11.7 Å². The fourth-order valence-corrected chi connectivity index (χ4v) is 1.44. The maximum Gasteiger partial charge on any atom is 0.328 e. The van der Waals surface area contributed by atoms with E-state index in [1.165, 1.54) is 7.11 Å². The van der Waals surface area contributed by atoms with E-state index in [1.807, 2.05) is 20.8 Å². The number of ether oxygens (including phenoxy) is 1. The largest absolute Gasteiger partial charge is 0.467 e. The van der Waals surface area contributed by atoms with Crippen LogP contribution < -0.4 is 11.1 Å². The summed E-state index contributed by atoms with van der Waals surface area (Å²) in [5.74, 6) is -0.747. The first kappa shape index (κ1) is 15.9. The number of nitrogens with one attached hydrogen (secondary N) is 1. The number of rotatable bonds is 7. The molecule has 0 rings (SSSR count). The molecule has 0 heterocycles. The van der Waals surface area contributed by atoms with Crippen LogP contribution in [0.3, 0.4) is 0 Å². The standard InChI is InChI=1S/C12H24N2O3/c1-5-6-7-9(13)11(15)14-10(8(2)3)12(16)17-4/h8-10H,5-7,13H2,1-4H3,(H,14,15)/t9?,10-/m0/s1. The Bertz CT molecular complexity index is 254. The number of methoxy groups -OCH3 is 1. The third kappa shape index (κ3) is 5.68. The summed E-state index contributed by atoms with van der Waals surface area (Å²) in [7, 11) is 1.31. The monoisotopic (exact) mass is 244 g/mol. The summed E-state index contributed by atoms with van der Waals surface area (Å²) in [6.45, 7) is 5.73.